The molecule has 0 spiro atoms. The monoisotopic (exact) mass is 437 g/mol. The zero-order valence-electron chi connectivity index (χ0n) is 20.2. The summed E-state index contributed by atoms with van der Waals surface area (Å²) in [5.74, 6) is 1.14. The number of amides is 1. The number of hydrogen-bond donors (Lipinski definition) is 2. The van der Waals surface area contributed by atoms with E-state index in [2.05, 4.69) is 26.0 Å². The maximum absolute atomic E-state index is 13.4. The lowest BCUT2D eigenvalue weighted by atomic mass is 9.94. The van der Waals surface area contributed by atoms with Gasteiger partial charge in [-0.3, -0.25) is 9.36 Å². The van der Waals surface area contributed by atoms with Gasteiger partial charge in [0, 0.05) is 25.0 Å². The highest BCUT2D eigenvalue weighted by Crippen LogP contribution is 2.36. The van der Waals surface area contributed by atoms with Crippen LogP contribution in [0.25, 0.3) is 5.69 Å². The topological polar surface area (TPSA) is 95.1 Å². The number of aromatic nitrogens is 2. The van der Waals surface area contributed by atoms with Crippen LogP contribution >= 0.6 is 0 Å². The first-order chi connectivity index (χ1) is 15.0. The third-order valence-electron chi connectivity index (χ3n) is 6.15. The third-order valence-corrected chi connectivity index (χ3v) is 6.15. The minimum absolute atomic E-state index is 0.138. The molecule has 2 aromatic rings. The van der Waals surface area contributed by atoms with Crippen LogP contribution in [0.4, 0.5) is 0 Å². The molecular weight excluding hydrogens is 402 g/mol. The number of imidazole rings is 1. The Labute approximate surface area is 190 Å². The molecule has 1 aliphatic heterocycles. The van der Waals surface area contributed by atoms with Crippen molar-refractivity contribution in [3.05, 3.63) is 40.5 Å². The first-order valence-electron chi connectivity index (χ1n) is 11.1. The van der Waals surface area contributed by atoms with Crippen LogP contribution in [0.5, 0.6) is 5.75 Å². The first kappa shape index (κ1) is 23.7. The van der Waals surface area contributed by atoms with Crippen LogP contribution < -0.4 is 4.74 Å². The molecule has 2 heterocycles. The van der Waals surface area contributed by atoms with E-state index in [1.54, 1.807) is 19.1 Å². The largest absolute Gasteiger partial charge is 0.496 e. The number of methoxy groups -OCH3 is 1. The van der Waals surface area contributed by atoms with E-state index in [4.69, 9.17) is 20.5 Å². The molecule has 0 saturated heterocycles. The third kappa shape index (κ3) is 4.20. The van der Waals surface area contributed by atoms with Crippen LogP contribution in [0, 0.1) is 16.7 Å². The average Bonchev–Trinajstić information content (AvgIpc) is 3.12. The Kier molecular flexibility index (Phi) is 6.58. The summed E-state index contributed by atoms with van der Waals surface area (Å²) >= 11 is 0. The average molecular weight is 438 g/mol. The number of nitrogens with zero attached hydrogens (tertiary/aromatic N) is 3. The fourth-order valence-corrected chi connectivity index (χ4v) is 4.13. The van der Waals surface area contributed by atoms with Crippen LogP contribution in [0.3, 0.4) is 0 Å². The van der Waals surface area contributed by atoms with Gasteiger partial charge in [0.1, 0.15) is 17.3 Å². The molecule has 1 aliphatic rings. The van der Waals surface area contributed by atoms with E-state index in [9.17, 15) is 4.79 Å². The summed E-state index contributed by atoms with van der Waals surface area (Å²) in [5.41, 5.74) is 4.12. The van der Waals surface area contributed by atoms with E-state index < -0.39 is 5.92 Å². The number of rotatable bonds is 7. The molecule has 0 atom stereocenters. The van der Waals surface area contributed by atoms with E-state index in [0.29, 0.717) is 23.9 Å². The van der Waals surface area contributed by atoms with Gasteiger partial charge < -0.3 is 20.5 Å². The van der Waals surface area contributed by atoms with Gasteiger partial charge >= 0.3 is 0 Å². The molecule has 0 unspecified atom stereocenters. The summed E-state index contributed by atoms with van der Waals surface area (Å²) < 4.78 is 7.68. The van der Waals surface area contributed by atoms with Gasteiger partial charge in [-0.15, -0.1) is 0 Å². The molecule has 32 heavy (non-hydrogen) atoms. The van der Waals surface area contributed by atoms with Crippen molar-refractivity contribution in [3.8, 4) is 11.4 Å². The second-order valence-corrected chi connectivity index (χ2v) is 9.89. The van der Waals surface area contributed by atoms with E-state index in [1.165, 1.54) is 12.4 Å². The number of aryl methyl sites for hydroxylation is 1. The van der Waals surface area contributed by atoms with Gasteiger partial charge in [-0.1, -0.05) is 13.8 Å². The highest BCUT2D eigenvalue weighted by atomic mass is 16.5. The summed E-state index contributed by atoms with van der Waals surface area (Å²) in [5, 5.41) is 15.7. The Balaban J connectivity index is 2.27. The molecule has 1 aromatic carbocycles. The summed E-state index contributed by atoms with van der Waals surface area (Å²) in [7, 11) is 3.49. The van der Waals surface area contributed by atoms with Crippen LogP contribution in [-0.2, 0) is 19.3 Å². The number of ether oxygens (including phenoxy) is 1. The van der Waals surface area contributed by atoms with E-state index in [-0.39, 0.29) is 11.4 Å². The van der Waals surface area contributed by atoms with Crippen LogP contribution in [0.15, 0.2) is 12.1 Å². The van der Waals surface area contributed by atoms with Crippen molar-refractivity contribution in [1.82, 2.24) is 14.5 Å². The number of benzene rings is 1. The smallest absolute Gasteiger partial charge is 0.274 e. The van der Waals surface area contributed by atoms with Crippen LogP contribution in [-0.4, -0.2) is 52.5 Å². The van der Waals surface area contributed by atoms with Crippen molar-refractivity contribution in [2.45, 2.75) is 65.3 Å². The minimum atomic E-state index is -0.600. The zero-order valence-corrected chi connectivity index (χ0v) is 20.2. The molecule has 0 fully saturated rings. The molecule has 0 bridgehead atoms. The van der Waals surface area contributed by atoms with Crippen molar-refractivity contribution in [1.29, 1.82) is 10.8 Å². The summed E-state index contributed by atoms with van der Waals surface area (Å²) in [6.07, 6.45) is 4.72. The highest BCUT2D eigenvalue weighted by Gasteiger charge is 2.34. The van der Waals surface area contributed by atoms with Crippen molar-refractivity contribution in [2.75, 3.05) is 14.2 Å². The predicted octanol–water partition coefficient (Wildman–Crippen LogP) is 4.43. The Morgan fingerprint density at radius 2 is 1.91 bits per heavy atom. The van der Waals surface area contributed by atoms with Gasteiger partial charge in [-0.05, 0) is 69.2 Å². The van der Waals surface area contributed by atoms with E-state index >= 15 is 0 Å². The quantitative estimate of drug-likeness (QED) is 0.627. The number of nitrogens with one attached hydrogen (secondary N) is 2. The Bertz CT molecular complexity index is 1040. The molecule has 1 amide bonds. The fraction of sp³-hybridized carbons (Fsp3) is 0.520. The maximum Gasteiger partial charge on any atom is 0.274 e. The lowest BCUT2D eigenvalue weighted by molar-refractivity contribution is 0.0648. The van der Waals surface area contributed by atoms with Crippen molar-refractivity contribution in [3.63, 3.8) is 0 Å². The standard InChI is InChI=1S/C25H35N5O2/c1-15(2)10-17-11-20-16(12-21(17)32-7)8-9-19-22(24(31)29(6)25(3,4)5)28-23(30(19)20)18(13-26)14-27/h11-15,18,26-27H,8-10H2,1-7H3. The Morgan fingerprint density at radius 1 is 1.25 bits per heavy atom. The molecule has 172 valence electrons. The van der Waals surface area contributed by atoms with Crippen molar-refractivity contribution < 1.29 is 9.53 Å². The fourth-order valence-electron chi connectivity index (χ4n) is 4.13. The van der Waals surface area contributed by atoms with Crippen LogP contribution in [0.1, 0.15) is 73.7 Å². The molecule has 0 saturated carbocycles. The zero-order chi connectivity index (χ0) is 23.8. The number of fused-ring (bicyclic) bond motifs is 3. The van der Waals surface area contributed by atoms with Crippen molar-refractivity contribution in [2.24, 2.45) is 5.92 Å². The number of hydrogen-bond acceptors (Lipinski definition) is 5. The van der Waals surface area contributed by atoms with Gasteiger partial charge in [0.05, 0.1) is 24.4 Å². The summed E-state index contributed by atoms with van der Waals surface area (Å²) in [6, 6.07) is 4.22. The van der Waals surface area contributed by atoms with E-state index in [0.717, 1.165) is 41.1 Å². The SMILES string of the molecule is COc1cc2c(cc1CC(C)C)-n1c(C(C=N)C=N)nc(C(=O)N(C)C(C)(C)C)c1CC2. The second-order valence-electron chi connectivity index (χ2n) is 9.89. The van der Waals surface area contributed by atoms with Gasteiger partial charge in [-0.25, -0.2) is 4.98 Å². The van der Waals surface area contributed by atoms with Gasteiger partial charge in [0.15, 0.2) is 0 Å². The minimum Gasteiger partial charge on any atom is -0.496 e. The first-order valence-corrected chi connectivity index (χ1v) is 11.1. The van der Waals surface area contributed by atoms with Gasteiger partial charge in [-0.2, -0.15) is 0 Å². The van der Waals surface area contributed by atoms with Crippen LogP contribution in [0.2, 0.25) is 0 Å². The molecular formula is C25H35N5O2. The number of carbonyl (C=O) groups is 1. The second kappa shape index (κ2) is 8.88. The van der Waals surface area contributed by atoms with E-state index in [1.807, 2.05) is 25.3 Å². The lowest BCUT2D eigenvalue weighted by Crippen LogP contribution is -2.43. The molecule has 0 aliphatic carbocycles. The van der Waals surface area contributed by atoms with Gasteiger partial charge in [0.25, 0.3) is 5.91 Å². The Morgan fingerprint density at radius 3 is 2.44 bits per heavy atom. The van der Waals surface area contributed by atoms with Crippen molar-refractivity contribution >= 4 is 18.3 Å². The maximum atomic E-state index is 13.4. The summed E-state index contributed by atoms with van der Waals surface area (Å²) in [4.78, 5) is 19.9. The van der Waals surface area contributed by atoms with Gasteiger partial charge in [0.2, 0.25) is 0 Å². The predicted molar refractivity (Wildman–Crippen MR) is 128 cm³/mol. The lowest BCUT2D eigenvalue weighted by Gasteiger charge is -2.32. The molecule has 2 N–H and O–H groups in total. The molecule has 3 rings (SSSR count). The summed E-state index contributed by atoms with van der Waals surface area (Å²) in [6.45, 7) is 10.3. The molecule has 1 aromatic heterocycles. The number of carbonyl (C=O) groups excluding carboxylic acids is 1. The molecule has 0 radical (unpaired) electrons. The highest BCUT2D eigenvalue weighted by molar-refractivity contribution is 5.95. The Hall–Kier alpha value is -2.96. The molecule has 7 nitrogen and oxygen atoms in total. The molecule has 7 heteroatoms. The normalized spacial score (nSPS) is 13.9.